The number of rotatable bonds is 7. The van der Waals surface area contributed by atoms with E-state index >= 15 is 0 Å². The molecule has 3 heterocycles. The summed E-state index contributed by atoms with van der Waals surface area (Å²) < 4.78 is 11.5. The number of anilines is 3. The fourth-order valence-corrected chi connectivity index (χ4v) is 5.19. The summed E-state index contributed by atoms with van der Waals surface area (Å²) in [5.41, 5.74) is 3.97. The number of hydrogen-bond donors (Lipinski definition) is 2. The highest BCUT2D eigenvalue weighted by Crippen LogP contribution is 2.32. The van der Waals surface area contributed by atoms with E-state index in [2.05, 4.69) is 15.5 Å². The molecule has 0 unspecified atom stereocenters. The van der Waals surface area contributed by atoms with Crippen molar-refractivity contribution < 1.29 is 23.5 Å². The van der Waals surface area contributed by atoms with Gasteiger partial charge in [0.05, 0.1) is 18.7 Å². The number of benzene rings is 3. The molecular weight excluding hydrogens is 598 g/mol. The van der Waals surface area contributed by atoms with E-state index in [0.29, 0.717) is 54.8 Å². The van der Waals surface area contributed by atoms with Crippen molar-refractivity contribution in [3.05, 3.63) is 90.2 Å². The Bertz CT molecular complexity index is 1930. The molecule has 0 atom stereocenters. The maximum Gasteiger partial charge on any atom is 0.323 e. The third kappa shape index (κ3) is 6.92. The lowest BCUT2D eigenvalue weighted by atomic mass is 10.1. The minimum absolute atomic E-state index is 0.113. The molecule has 0 saturated carbocycles. The number of nitrogens with one attached hydrogen (secondary N) is 2. The lowest BCUT2D eigenvalue weighted by Crippen LogP contribution is -2.37. The molecular formula is C35H35N7O5. The van der Waals surface area contributed by atoms with Crippen LogP contribution in [0, 0.1) is 0 Å². The van der Waals surface area contributed by atoms with Gasteiger partial charge in [-0.05, 0) is 72.8 Å². The molecule has 0 radical (unpaired) electrons. The predicted octanol–water partition coefficient (Wildman–Crippen LogP) is 5.44. The molecule has 12 heteroatoms. The molecule has 1 aliphatic heterocycles. The molecule has 5 aromatic rings. The van der Waals surface area contributed by atoms with Crippen molar-refractivity contribution in [2.24, 2.45) is 0 Å². The van der Waals surface area contributed by atoms with Crippen LogP contribution in [-0.4, -0.2) is 92.1 Å². The maximum absolute atomic E-state index is 12.7. The maximum atomic E-state index is 12.7. The Morgan fingerprint density at radius 1 is 0.723 bits per heavy atom. The molecule has 1 fully saturated rings. The molecule has 4 amide bonds. The number of carbonyl (C=O) groups is 3. The number of ether oxygens (including phenoxy) is 1. The Balaban J connectivity index is 1.24. The zero-order valence-corrected chi connectivity index (χ0v) is 26.6. The number of aromatic nitrogens is 2. The summed E-state index contributed by atoms with van der Waals surface area (Å²) >= 11 is 0. The number of morpholine rings is 1. The summed E-state index contributed by atoms with van der Waals surface area (Å²) in [6, 6.07) is 22.9. The fourth-order valence-electron chi connectivity index (χ4n) is 5.19. The average Bonchev–Trinajstić information content (AvgIpc) is 3.58. The number of carbonyl (C=O) groups excluding carboxylic acids is 3. The largest absolute Gasteiger partial charge is 0.451 e. The Morgan fingerprint density at radius 3 is 1.98 bits per heavy atom. The van der Waals surface area contributed by atoms with E-state index in [1.54, 1.807) is 76.7 Å². The first-order valence-corrected chi connectivity index (χ1v) is 15.1. The van der Waals surface area contributed by atoms with Crippen LogP contribution in [0.25, 0.3) is 33.6 Å². The fraction of sp³-hybridized carbons (Fsp3) is 0.229. The number of fused-ring (bicyclic) bond motifs is 1. The quantitative estimate of drug-likeness (QED) is 0.242. The van der Waals surface area contributed by atoms with Gasteiger partial charge in [-0.2, -0.15) is 0 Å². The van der Waals surface area contributed by atoms with Crippen molar-refractivity contribution in [2.75, 3.05) is 70.0 Å². The molecule has 0 aliphatic carbocycles. The topological polar surface area (TPSA) is 133 Å². The van der Waals surface area contributed by atoms with E-state index in [1.165, 1.54) is 9.80 Å². The van der Waals surface area contributed by atoms with Crippen LogP contribution >= 0.6 is 0 Å². The van der Waals surface area contributed by atoms with Crippen LogP contribution in [0.3, 0.4) is 0 Å². The summed E-state index contributed by atoms with van der Waals surface area (Å²) in [4.78, 5) is 52.3. The lowest BCUT2D eigenvalue weighted by Gasteiger charge is -2.29. The van der Waals surface area contributed by atoms with Gasteiger partial charge < -0.3 is 34.5 Å². The first-order chi connectivity index (χ1) is 22.7. The number of nitrogens with zero attached hydrogens (tertiary/aromatic N) is 5. The van der Waals surface area contributed by atoms with Gasteiger partial charge in [0.2, 0.25) is 0 Å². The van der Waals surface area contributed by atoms with Crippen LogP contribution in [0.2, 0.25) is 0 Å². The zero-order valence-electron chi connectivity index (χ0n) is 26.6. The van der Waals surface area contributed by atoms with Gasteiger partial charge in [0, 0.05) is 74.7 Å². The van der Waals surface area contributed by atoms with Gasteiger partial charge in [-0.3, -0.25) is 9.59 Å². The van der Waals surface area contributed by atoms with E-state index in [9.17, 15) is 14.4 Å². The van der Waals surface area contributed by atoms with Crippen molar-refractivity contribution in [1.82, 2.24) is 19.8 Å². The zero-order chi connectivity index (χ0) is 33.1. The Kier molecular flexibility index (Phi) is 8.85. The van der Waals surface area contributed by atoms with E-state index in [-0.39, 0.29) is 17.6 Å². The number of hydrogen-bond acceptors (Lipinski definition) is 8. The van der Waals surface area contributed by atoms with E-state index in [1.807, 2.05) is 30.3 Å². The van der Waals surface area contributed by atoms with Crippen LogP contribution in [0.5, 0.6) is 0 Å². The standard InChI is InChI=1S/C35H35N7O5/c1-40(2)33(43)23-7-12-26(13-8-23)37-35(45)36-25-10-5-22(6-11-25)31-38-28-21-24(29-15-16-30(47-29)34(44)41(3)4)9-14-27(28)32(39-31)42-17-19-46-20-18-42/h5-16,21H,17-20H2,1-4H3,(H2,36,37,45). The predicted molar refractivity (Wildman–Crippen MR) is 181 cm³/mol. The van der Waals surface area contributed by atoms with Gasteiger partial charge in [0.15, 0.2) is 11.6 Å². The molecule has 2 N–H and O–H groups in total. The normalized spacial score (nSPS) is 12.9. The van der Waals surface area contributed by atoms with Crippen LogP contribution in [0.4, 0.5) is 22.0 Å². The van der Waals surface area contributed by atoms with Gasteiger partial charge in [-0.25, -0.2) is 14.8 Å². The van der Waals surface area contributed by atoms with Gasteiger partial charge in [0.25, 0.3) is 11.8 Å². The SMILES string of the molecule is CN(C)C(=O)c1ccc(NC(=O)Nc2ccc(-c3nc(N4CCOCC4)c4ccc(-c5ccc(C(=O)N(C)C)o5)cc4n3)cc2)cc1. The highest BCUT2D eigenvalue weighted by atomic mass is 16.5. The van der Waals surface area contributed by atoms with Gasteiger partial charge >= 0.3 is 6.03 Å². The van der Waals surface area contributed by atoms with Gasteiger partial charge in [-0.15, -0.1) is 0 Å². The third-order valence-corrected chi connectivity index (χ3v) is 7.69. The Labute approximate surface area is 272 Å². The van der Waals surface area contributed by atoms with E-state index < -0.39 is 6.03 Å². The number of furan rings is 1. The highest BCUT2D eigenvalue weighted by Gasteiger charge is 2.20. The molecule has 1 aliphatic rings. The molecule has 0 bridgehead atoms. The van der Waals surface area contributed by atoms with Crippen molar-refractivity contribution in [3.63, 3.8) is 0 Å². The monoisotopic (exact) mass is 633 g/mol. The number of amides is 4. The minimum Gasteiger partial charge on any atom is -0.451 e. The molecule has 0 spiro atoms. The molecule has 12 nitrogen and oxygen atoms in total. The third-order valence-electron chi connectivity index (χ3n) is 7.69. The molecule has 240 valence electrons. The van der Waals surface area contributed by atoms with Crippen LogP contribution in [0.1, 0.15) is 20.9 Å². The van der Waals surface area contributed by atoms with Crippen molar-refractivity contribution in [3.8, 4) is 22.7 Å². The molecule has 6 rings (SSSR count). The Morgan fingerprint density at radius 2 is 1.34 bits per heavy atom. The van der Waals surface area contributed by atoms with Gasteiger partial charge in [-0.1, -0.05) is 6.07 Å². The van der Waals surface area contributed by atoms with Crippen molar-refractivity contribution in [2.45, 2.75) is 0 Å². The first kappa shape index (κ1) is 31.2. The molecule has 47 heavy (non-hydrogen) atoms. The van der Waals surface area contributed by atoms with Crippen LogP contribution in [-0.2, 0) is 4.74 Å². The van der Waals surface area contributed by atoms with Crippen LogP contribution in [0.15, 0.2) is 83.3 Å². The molecule has 1 saturated heterocycles. The van der Waals surface area contributed by atoms with Crippen molar-refractivity contribution in [1.29, 1.82) is 0 Å². The highest BCUT2D eigenvalue weighted by molar-refractivity contribution is 6.01. The van der Waals surface area contributed by atoms with Gasteiger partial charge in [0.1, 0.15) is 11.6 Å². The average molecular weight is 634 g/mol. The molecule has 2 aromatic heterocycles. The van der Waals surface area contributed by atoms with E-state index in [0.717, 1.165) is 27.8 Å². The summed E-state index contributed by atoms with van der Waals surface area (Å²) in [5.74, 6) is 1.85. The first-order valence-electron chi connectivity index (χ1n) is 15.1. The Hall–Kier alpha value is -5.75. The second-order valence-electron chi connectivity index (χ2n) is 11.5. The summed E-state index contributed by atoms with van der Waals surface area (Å²) in [5, 5.41) is 6.51. The second-order valence-corrected chi connectivity index (χ2v) is 11.5. The minimum atomic E-state index is -0.415. The smallest absolute Gasteiger partial charge is 0.323 e. The summed E-state index contributed by atoms with van der Waals surface area (Å²) in [6.07, 6.45) is 0. The summed E-state index contributed by atoms with van der Waals surface area (Å²) in [6.45, 7) is 2.62. The van der Waals surface area contributed by atoms with Crippen LogP contribution < -0.4 is 15.5 Å². The molecule has 3 aromatic carbocycles. The summed E-state index contributed by atoms with van der Waals surface area (Å²) in [7, 11) is 6.74. The van der Waals surface area contributed by atoms with Crippen molar-refractivity contribution >= 4 is 45.9 Å². The van der Waals surface area contributed by atoms with E-state index in [4.69, 9.17) is 19.1 Å². The second kappa shape index (κ2) is 13.3. The lowest BCUT2D eigenvalue weighted by molar-refractivity contribution is 0.0796. The number of urea groups is 1.